The first kappa shape index (κ1) is 15.0. The van der Waals surface area contributed by atoms with Crippen molar-refractivity contribution < 1.29 is 4.79 Å². The molecule has 2 N–H and O–H groups in total. The highest BCUT2D eigenvalue weighted by Crippen LogP contribution is 2.27. The van der Waals surface area contributed by atoms with Crippen molar-refractivity contribution in [2.45, 2.75) is 38.6 Å². The molecule has 1 saturated heterocycles. The number of piperidine rings is 1. The summed E-state index contributed by atoms with van der Waals surface area (Å²) < 4.78 is 0. The number of aromatic amines is 1. The number of imidazole rings is 1. The molecule has 1 amide bonds. The largest absolute Gasteiger partial charge is 0.353 e. The average Bonchev–Trinajstić information content (AvgIpc) is 2.91. The first-order chi connectivity index (χ1) is 10.6. The number of hydrogen-bond acceptors (Lipinski definition) is 3. The quantitative estimate of drug-likeness (QED) is 0.910. The molecular formula is C17H24N4O. The summed E-state index contributed by atoms with van der Waals surface area (Å²) in [4.78, 5) is 22.2. The van der Waals surface area contributed by atoms with Crippen molar-refractivity contribution in [3.8, 4) is 0 Å². The summed E-state index contributed by atoms with van der Waals surface area (Å²) in [6, 6.07) is 8.36. The van der Waals surface area contributed by atoms with E-state index in [1.807, 2.05) is 32.0 Å². The van der Waals surface area contributed by atoms with E-state index in [4.69, 9.17) is 4.98 Å². The highest BCUT2D eigenvalue weighted by atomic mass is 16.2. The van der Waals surface area contributed by atoms with Crippen LogP contribution < -0.4 is 5.32 Å². The van der Waals surface area contributed by atoms with Gasteiger partial charge in [-0.3, -0.25) is 9.69 Å². The van der Waals surface area contributed by atoms with Gasteiger partial charge < -0.3 is 10.3 Å². The van der Waals surface area contributed by atoms with Gasteiger partial charge in [-0.25, -0.2) is 4.98 Å². The first-order valence-electron chi connectivity index (χ1n) is 8.08. The fourth-order valence-corrected chi connectivity index (χ4v) is 3.10. The zero-order valence-corrected chi connectivity index (χ0v) is 13.3. The molecule has 0 atom stereocenters. The Morgan fingerprint density at radius 3 is 2.77 bits per heavy atom. The number of fused-ring (bicyclic) bond motifs is 1. The van der Waals surface area contributed by atoms with Crippen molar-refractivity contribution in [3.63, 3.8) is 0 Å². The van der Waals surface area contributed by atoms with E-state index in [1.54, 1.807) is 0 Å². The summed E-state index contributed by atoms with van der Waals surface area (Å²) in [6.45, 7) is 6.39. The van der Waals surface area contributed by atoms with Gasteiger partial charge >= 0.3 is 0 Å². The van der Waals surface area contributed by atoms with Gasteiger partial charge in [-0.2, -0.15) is 0 Å². The first-order valence-corrected chi connectivity index (χ1v) is 8.08. The number of para-hydroxylation sites is 2. The number of aromatic nitrogens is 2. The van der Waals surface area contributed by atoms with E-state index in [1.165, 1.54) is 0 Å². The summed E-state index contributed by atoms with van der Waals surface area (Å²) >= 11 is 0. The topological polar surface area (TPSA) is 61.0 Å². The predicted octanol–water partition coefficient (Wildman–Crippen LogP) is 2.27. The van der Waals surface area contributed by atoms with Crippen molar-refractivity contribution in [2.24, 2.45) is 0 Å². The van der Waals surface area contributed by atoms with Crippen molar-refractivity contribution in [2.75, 3.05) is 19.6 Å². The molecule has 0 saturated carbocycles. The molecular weight excluding hydrogens is 276 g/mol. The maximum atomic E-state index is 11.8. The lowest BCUT2D eigenvalue weighted by atomic mass is 9.96. The Morgan fingerprint density at radius 2 is 2.09 bits per heavy atom. The normalized spacial score (nSPS) is 17.2. The number of nitrogens with zero attached hydrogens (tertiary/aromatic N) is 2. The van der Waals surface area contributed by atoms with Gasteiger partial charge in [0.1, 0.15) is 5.82 Å². The van der Waals surface area contributed by atoms with Crippen LogP contribution in [0.3, 0.4) is 0 Å². The Balaban J connectivity index is 1.56. The Labute approximate surface area is 131 Å². The van der Waals surface area contributed by atoms with E-state index in [0.29, 0.717) is 12.5 Å². The number of nitrogens with one attached hydrogen (secondary N) is 2. The fourth-order valence-electron chi connectivity index (χ4n) is 3.10. The molecule has 2 heterocycles. The van der Waals surface area contributed by atoms with Crippen LogP contribution in [0, 0.1) is 0 Å². The highest BCUT2D eigenvalue weighted by molar-refractivity contribution is 5.78. The monoisotopic (exact) mass is 300 g/mol. The Bertz CT molecular complexity index is 608. The lowest BCUT2D eigenvalue weighted by Gasteiger charge is -2.30. The molecule has 0 unspecified atom stereocenters. The van der Waals surface area contributed by atoms with E-state index in [-0.39, 0.29) is 11.9 Å². The van der Waals surface area contributed by atoms with Crippen LogP contribution >= 0.6 is 0 Å². The van der Waals surface area contributed by atoms with Crippen LogP contribution in [0.15, 0.2) is 24.3 Å². The summed E-state index contributed by atoms with van der Waals surface area (Å²) in [5, 5.41) is 2.95. The van der Waals surface area contributed by atoms with Gasteiger partial charge in [0, 0.05) is 12.0 Å². The van der Waals surface area contributed by atoms with Crippen LogP contribution in [0.5, 0.6) is 0 Å². The van der Waals surface area contributed by atoms with Gasteiger partial charge in [-0.05, 0) is 51.9 Å². The third-order valence-electron chi connectivity index (χ3n) is 4.20. The number of hydrogen-bond donors (Lipinski definition) is 2. The predicted molar refractivity (Wildman–Crippen MR) is 87.8 cm³/mol. The third kappa shape index (κ3) is 3.47. The van der Waals surface area contributed by atoms with E-state index in [9.17, 15) is 4.79 Å². The molecule has 5 nitrogen and oxygen atoms in total. The van der Waals surface area contributed by atoms with Crippen LogP contribution in [0.25, 0.3) is 11.0 Å². The number of likely N-dealkylation sites (tertiary alicyclic amines) is 1. The van der Waals surface area contributed by atoms with Crippen LogP contribution in [0.4, 0.5) is 0 Å². The molecule has 0 aliphatic carbocycles. The van der Waals surface area contributed by atoms with E-state index in [0.717, 1.165) is 42.8 Å². The number of amides is 1. The molecule has 1 aliphatic heterocycles. The molecule has 1 aliphatic rings. The number of carbonyl (C=O) groups is 1. The minimum absolute atomic E-state index is 0.122. The van der Waals surface area contributed by atoms with E-state index >= 15 is 0 Å². The Hall–Kier alpha value is -1.88. The maximum Gasteiger partial charge on any atom is 0.234 e. The standard InChI is InChI=1S/C17H24N4O/c1-12(2)18-16(22)11-21-9-7-13(8-10-21)17-19-14-5-3-4-6-15(14)20-17/h3-6,12-13H,7-11H2,1-2H3,(H,18,22)(H,19,20). The highest BCUT2D eigenvalue weighted by Gasteiger charge is 2.24. The van der Waals surface area contributed by atoms with Crippen LogP contribution in [-0.4, -0.2) is 46.5 Å². The van der Waals surface area contributed by atoms with Gasteiger partial charge in [-0.15, -0.1) is 0 Å². The summed E-state index contributed by atoms with van der Waals surface area (Å²) in [6.07, 6.45) is 2.10. The molecule has 2 aromatic rings. The van der Waals surface area contributed by atoms with Crippen LogP contribution in [0.2, 0.25) is 0 Å². The third-order valence-corrected chi connectivity index (χ3v) is 4.20. The second kappa shape index (κ2) is 6.48. The molecule has 1 aromatic carbocycles. The SMILES string of the molecule is CC(C)NC(=O)CN1CCC(c2nc3ccccc3[nH]2)CC1. The second-order valence-corrected chi connectivity index (χ2v) is 6.41. The Kier molecular flexibility index (Phi) is 4.43. The summed E-state index contributed by atoms with van der Waals surface area (Å²) in [5.41, 5.74) is 2.15. The van der Waals surface area contributed by atoms with Gasteiger partial charge in [0.15, 0.2) is 0 Å². The number of H-pyrrole nitrogens is 1. The van der Waals surface area contributed by atoms with Gasteiger partial charge in [-0.1, -0.05) is 12.1 Å². The molecule has 0 radical (unpaired) electrons. The van der Waals surface area contributed by atoms with Crippen LogP contribution in [0.1, 0.15) is 38.4 Å². The average molecular weight is 300 g/mol. The van der Waals surface area contributed by atoms with Gasteiger partial charge in [0.25, 0.3) is 0 Å². The molecule has 0 spiro atoms. The van der Waals surface area contributed by atoms with E-state index < -0.39 is 0 Å². The maximum absolute atomic E-state index is 11.8. The molecule has 118 valence electrons. The number of rotatable bonds is 4. The molecule has 22 heavy (non-hydrogen) atoms. The molecule has 0 bridgehead atoms. The second-order valence-electron chi connectivity index (χ2n) is 6.41. The smallest absolute Gasteiger partial charge is 0.234 e. The van der Waals surface area contributed by atoms with Crippen molar-refractivity contribution in [1.29, 1.82) is 0 Å². The lowest BCUT2D eigenvalue weighted by molar-refractivity contribution is -0.123. The molecule has 3 rings (SSSR count). The van der Waals surface area contributed by atoms with Gasteiger partial charge in [0.05, 0.1) is 17.6 Å². The van der Waals surface area contributed by atoms with Crippen LogP contribution in [-0.2, 0) is 4.79 Å². The zero-order valence-electron chi connectivity index (χ0n) is 13.3. The molecule has 5 heteroatoms. The zero-order chi connectivity index (χ0) is 15.5. The van der Waals surface area contributed by atoms with Crippen molar-refractivity contribution in [1.82, 2.24) is 20.2 Å². The number of benzene rings is 1. The summed E-state index contributed by atoms with van der Waals surface area (Å²) in [7, 11) is 0. The Morgan fingerprint density at radius 1 is 1.36 bits per heavy atom. The lowest BCUT2D eigenvalue weighted by Crippen LogP contribution is -2.43. The minimum Gasteiger partial charge on any atom is -0.353 e. The minimum atomic E-state index is 0.122. The van der Waals surface area contributed by atoms with E-state index in [2.05, 4.69) is 21.3 Å². The molecule has 1 fully saturated rings. The van der Waals surface area contributed by atoms with Gasteiger partial charge in [0.2, 0.25) is 5.91 Å². The number of carbonyl (C=O) groups excluding carboxylic acids is 1. The summed E-state index contributed by atoms with van der Waals surface area (Å²) in [5.74, 6) is 1.68. The molecule has 1 aromatic heterocycles. The van der Waals surface area contributed by atoms with Crippen molar-refractivity contribution >= 4 is 16.9 Å². The fraction of sp³-hybridized carbons (Fsp3) is 0.529. The van der Waals surface area contributed by atoms with Crippen molar-refractivity contribution in [3.05, 3.63) is 30.1 Å².